The average molecular weight is 299 g/mol. The molecule has 1 aromatic rings. The maximum absolute atomic E-state index is 11.5. The highest BCUT2D eigenvalue weighted by Crippen LogP contribution is 2.11. The molecule has 1 rings (SSSR count). The molecule has 0 aromatic heterocycles. The lowest BCUT2D eigenvalue weighted by Crippen LogP contribution is -2.39. The molecular weight excluding hydrogens is 280 g/mol. The fourth-order valence-electron chi connectivity index (χ4n) is 1.52. The molecular formula is C13H19BrN2O. The van der Waals surface area contributed by atoms with Gasteiger partial charge in [-0.05, 0) is 38.0 Å². The first-order valence-corrected chi connectivity index (χ1v) is 6.46. The Morgan fingerprint density at radius 2 is 2.18 bits per heavy atom. The monoisotopic (exact) mass is 298 g/mol. The molecule has 0 aliphatic rings. The van der Waals surface area contributed by atoms with Crippen molar-refractivity contribution in [2.45, 2.75) is 32.2 Å². The molecule has 1 amide bonds. The van der Waals surface area contributed by atoms with Crippen LogP contribution in [0.2, 0.25) is 0 Å². The lowest BCUT2D eigenvalue weighted by Gasteiger charge is -2.17. The number of rotatable bonds is 5. The van der Waals surface area contributed by atoms with Gasteiger partial charge in [-0.15, -0.1) is 0 Å². The number of hydrogen-bond donors (Lipinski definition) is 2. The third-order valence-electron chi connectivity index (χ3n) is 2.24. The van der Waals surface area contributed by atoms with E-state index in [0.717, 1.165) is 10.9 Å². The van der Waals surface area contributed by atoms with Crippen molar-refractivity contribution in [3.8, 4) is 0 Å². The standard InChI is InChI=1S/C13H19BrN2O/c1-13(2,15)9-12(17)16-7-6-10-4-3-5-11(14)8-10/h3-5,8H,6-7,9,15H2,1-2H3,(H,16,17). The normalized spacial score (nSPS) is 11.3. The summed E-state index contributed by atoms with van der Waals surface area (Å²) in [4.78, 5) is 11.5. The van der Waals surface area contributed by atoms with Crippen LogP contribution < -0.4 is 11.1 Å². The smallest absolute Gasteiger partial charge is 0.221 e. The van der Waals surface area contributed by atoms with E-state index in [1.54, 1.807) is 0 Å². The molecule has 0 aliphatic heterocycles. The topological polar surface area (TPSA) is 55.1 Å². The fraction of sp³-hybridized carbons (Fsp3) is 0.462. The second-order valence-corrected chi connectivity index (χ2v) is 5.81. The molecule has 0 unspecified atom stereocenters. The molecule has 0 radical (unpaired) electrons. The van der Waals surface area contributed by atoms with Gasteiger partial charge in [0, 0.05) is 23.0 Å². The Morgan fingerprint density at radius 3 is 2.76 bits per heavy atom. The number of benzene rings is 1. The van der Waals surface area contributed by atoms with Crippen molar-refractivity contribution in [2.24, 2.45) is 5.73 Å². The molecule has 0 saturated carbocycles. The molecule has 3 N–H and O–H groups in total. The maximum Gasteiger partial charge on any atom is 0.221 e. The van der Waals surface area contributed by atoms with E-state index in [2.05, 4.69) is 27.3 Å². The minimum Gasteiger partial charge on any atom is -0.356 e. The first kappa shape index (κ1) is 14.2. The van der Waals surface area contributed by atoms with Gasteiger partial charge in [-0.25, -0.2) is 0 Å². The highest BCUT2D eigenvalue weighted by atomic mass is 79.9. The van der Waals surface area contributed by atoms with Crippen LogP contribution in [0.4, 0.5) is 0 Å². The average Bonchev–Trinajstić information content (AvgIpc) is 2.14. The highest BCUT2D eigenvalue weighted by molar-refractivity contribution is 9.10. The van der Waals surface area contributed by atoms with Gasteiger partial charge in [-0.1, -0.05) is 28.1 Å². The number of carbonyl (C=O) groups is 1. The number of nitrogens with one attached hydrogen (secondary N) is 1. The van der Waals surface area contributed by atoms with Crippen LogP contribution in [0.1, 0.15) is 25.8 Å². The molecule has 1 aromatic carbocycles. The van der Waals surface area contributed by atoms with Crippen molar-refractivity contribution >= 4 is 21.8 Å². The third-order valence-corrected chi connectivity index (χ3v) is 2.73. The summed E-state index contributed by atoms with van der Waals surface area (Å²) in [5.41, 5.74) is 6.53. The first-order chi connectivity index (χ1) is 7.87. The van der Waals surface area contributed by atoms with Gasteiger partial charge in [-0.3, -0.25) is 4.79 Å². The van der Waals surface area contributed by atoms with Gasteiger partial charge < -0.3 is 11.1 Å². The first-order valence-electron chi connectivity index (χ1n) is 5.67. The lowest BCUT2D eigenvalue weighted by atomic mass is 10.0. The quantitative estimate of drug-likeness (QED) is 0.876. The Balaban J connectivity index is 2.31. The van der Waals surface area contributed by atoms with Gasteiger partial charge in [-0.2, -0.15) is 0 Å². The van der Waals surface area contributed by atoms with Crippen molar-refractivity contribution < 1.29 is 4.79 Å². The third kappa shape index (κ3) is 6.44. The summed E-state index contributed by atoms with van der Waals surface area (Å²) >= 11 is 3.42. The van der Waals surface area contributed by atoms with Crippen molar-refractivity contribution in [3.05, 3.63) is 34.3 Å². The molecule has 0 saturated heterocycles. The molecule has 0 atom stereocenters. The van der Waals surface area contributed by atoms with E-state index in [1.165, 1.54) is 5.56 Å². The molecule has 3 nitrogen and oxygen atoms in total. The zero-order valence-corrected chi connectivity index (χ0v) is 11.9. The van der Waals surface area contributed by atoms with E-state index >= 15 is 0 Å². The predicted molar refractivity (Wildman–Crippen MR) is 73.7 cm³/mol. The van der Waals surface area contributed by atoms with Crippen LogP contribution >= 0.6 is 15.9 Å². The summed E-state index contributed by atoms with van der Waals surface area (Å²) < 4.78 is 1.06. The summed E-state index contributed by atoms with van der Waals surface area (Å²) in [7, 11) is 0. The Kier molecular flexibility index (Phi) is 5.15. The molecule has 17 heavy (non-hydrogen) atoms. The van der Waals surface area contributed by atoms with E-state index in [4.69, 9.17) is 5.73 Å². The van der Waals surface area contributed by atoms with E-state index in [9.17, 15) is 4.79 Å². The molecule has 94 valence electrons. The zero-order valence-electron chi connectivity index (χ0n) is 10.3. The van der Waals surface area contributed by atoms with Crippen molar-refractivity contribution in [3.63, 3.8) is 0 Å². The minimum atomic E-state index is -0.445. The Hall–Kier alpha value is -0.870. The molecule has 0 heterocycles. The van der Waals surface area contributed by atoms with Crippen LogP contribution in [0.25, 0.3) is 0 Å². The van der Waals surface area contributed by atoms with Crippen LogP contribution in [0.15, 0.2) is 28.7 Å². The van der Waals surface area contributed by atoms with Gasteiger partial charge in [0.25, 0.3) is 0 Å². The Labute approximate surface area is 111 Å². The van der Waals surface area contributed by atoms with Crippen molar-refractivity contribution in [2.75, 3.05) is 6.54 Å². The van der Waals surface area contributed by atoms with Crippen molar-refractivity contribution in [1.82, 2.24) is 5.32 Å². The molecule has 4 heteroatoms. The van der Waals surface area contributed by atoms with Gasteiger partial charge in [0.05, 0.1) is 0 Å². The lowest BCUT2D eigenvalue weighted by molar-refractivity contribution is -0.121. The van der Waals surface area contributed by atoms with Crippen LogP contribution in [0, 0.1) is 0 Å². The zero-order chi connectivity index (χ0) is 12.9. The van der Waals surface area contributed by atoms with Crippen LogP contribution in [0.5, 0.6) is 0 Å². The SMILES string of the molecule is CC(C)(N)CC(=O)NCCc1cccc(Br)c1. The largest absolute Gasteiger partial charge is 0.356 e. The van der Waals surface area contributed by atoms with E-state index in [0.29, 0.717) is 13.0 Å². The summed E-state index contributed by atoms with van der Waals surface area (Å²) in [6.07, 6.45) is 1.18. The molecule has 0 bridgehead atoms. The molecule has 0 spiro atoms. The van der Waals surface area contributed by atoms with Crippen LogP contribution in [-0.4, -0.2) is 18.0 Å². The second kappa shape index (κ2) is 6.17. The number of hydrogen-bond acceptors (Lipinski definition) is 2. The summed E-state index contributed by atoms with van der Waals surface area (Å²) in [5, 5.41) is 2.87. The van der Waals surface area contributed by atoms with Gasteiger partial charge in [0.1, 0.15) is 0 Å². The number of nitrogens with two attached hydrogens (primary N) is 1. The van der Waals surface area contributed by atoms with Gasteiger partial charge in [0.15, 0.2) is 0 Å². The van der Waals surface area contributed by atoms with E-state index in [1.807, 2.05) is 32.0 Å². The minimum absolute atomic E-state index is 0.00694. The summed E-state index contributed by atoms with van der Waals surface area (Å²) in [6, 6.07) is 8.08. The summed E-state index contributed by atoms with van der Waals surface area (Å²) in [6.45, 7) is 4.34. The van der Waals surface area contributed by atoms with E-state index < -0.39 is 5.54 Å². The van der Waals surface area contributed by atoms with Gasteiger partial charge >= 0.3 is 0 Å². The number of amides is 1. The number of carbonyl (C=O) groups excluding carboxylic acids is 1. The summed E-state index contributed by atoms with van der Waals surface area (Å²) in [5.74, 6) is 0.00694. The van der Waals surface area contributed by atoms with Crippen molar-refractivity contribution in [1.29, 1.82) is 0 Å². The van der Waals surface area contributed by atoms with Gasteiger partial charge in [0.2, 0.25) is 5.91 Å². The maximum atomic E-state index is 11.5. The second-order valence-electron chi connectivity index (χ2n) is 4.90. The van der Waals surface area contributed by atoms with Crippen LogP contribution in [0.3, 0.4) is 0 Å². The molecule has 0 aliphatic carbocycles. The number of halogens is 1. The van der Waals surface area contributed by atoms with E-state index in [-0.39, 0.29) is 5.91 Å². The van der Waals surface area contributed by atoms with Crippen LogP contribution in [-0.2, 0) is 11.2 Å². The fourth-order valence-corrected chi connectivity index (χ4v) is 1.96. The Morgan fingerprint density at radius 1 is 1.47 bits per heavy atom. The molecule has 0 fully saturated rings. The predicted octanol–water partition coefficient (Wildman–Crippen LogP) is 2.24. The Bertz CT molecular complexity index is 385. The highest BCUT2D eigenvalue weighted by Gasteiger charge is 2.15.